The Kier molecular flexibility index (Phi) is 11.7. The second-order valence-electron chi connectivity index (χ2n) is 7.35. The van der Waals surface area contributed by atoms with Crippen LogP contribution in [0.1, 0.15) is 38.4 Å². The van der Waals surface area contributed by atoms with Gasteiger partial charge in [-0.25, -0.2) is 0 Å². The topological polar surface area (TPSA) is 82.3 Å². The van der Waals surface area contributed by atoms with Gasteiger partial charge in [-0.15, -0.1) is 0 Å². The Morgan fingerprint density at radius 1 is 1.25 bits per heavy atom. The van der Waals surface area contributed by atoms with Crippen LogP contribution in [-0.4, -0.2) is 75.1 Å². The molecule has 0 bridgehead atoms. The van der Waals surface area contributed by atoms with E-state index in [1.807, 2.05) is 12.1 Å². The first-order valence-corrected chi connectivity index (χ1v) is 10.8. The standard InChI is InChI=1S/C21H38N4O3/c1-2-5-19(8-14-26)18-24-21(23-10-7-20-6-3-15-28-20)22-9-4-11-25-12-16-27-17-13-25/h3,6,15,19,26H,2,4-5,7-14,16-18H2,1H3,(H2,22,23,24). The van der Waals surface area contributed by atoms with Crippen molar-refractivity contribution in [3.8, 4) is 0 Å². The lowest BCUT2D eigenvalue weighted by Crippen LogP contribution is -2.41. The monoisotopic (exact) mass is 394 g/mol. The van der Waals surface area contributed by atoms with E-state index in [-0.39, 0.29) is 6.61 Å². The number of guanidine groups is 1. The minimum atomic E-state index is 0.231. The summed E-state index contributed by atoms with van der Waals surface area (Å²) in [6, 6.07) is 3.91. The van der Waals surface area contributed by atoms with Crippen molar-refractivity contribution in [3.63, 3.8) is 0 Å². The fourth-order valence-electron chi connectivity index (χ4n) is 3.41. The van der Waals surface area contributed by atoms with Crippen LogP contribution >= 0.6 is 0 Å². The molecular weight excluding hydrogens is 356 g/mol. The SMILES string of the molecule is CCCC(CCO)CN=C(NCCCN1CCOCC1)NCCc1ccco1. The van der Waals surface area contributed by atoms with Gasteiger partial charge in [-0.2, -0.15) is 0 Å². The Balaban J connectivity index is 1.76. The summed E-state index contributed by atoms with van der Waals surface area (Å²) in [5.74, 6) is 2.27. The second-order valence-corrected chi connectivity index (χ2v) is 7.35. The zero-order chi connectivity index (χ0) is 19.9. The van der Waals surface area contributed by atoms with Gasteiger partial charge < -0.3 is 24.9 Å². The lowest BCUT2D eigenvalue weighted by Gasteiger charge is -2.26. The van der Waals surface area contributed by atoms with E-state index >= 15 is 0 Å². The van der Waals surface area contributed by atoms with Gasteiger partial charge in [0, 0.05) is 45.8 Å². The molecule has 0 aromatic carbocycles. The van der Waals surface area contributed by atoms with E-state index in [4.69, 9.17) is 14.1 Å². The van der Waals surface area contributed by atoms with Gasteiger partial charge in [0.1, 0.15) is 5.76 Å². The van der Waals surface area contributed by atoms with Crippen LogP contribution in [0.3, 0.4) is 0 Å². The molecule has 1 fully saturated rings. The third-order valence-electron chi connectivity index (χ3n) is 5.03. The summed E-state index contributed by atoms with van der Waals surface area (Å²) in [5.41, 5.74) is 0. The van der Waals surface area contributed by atoms with Crippen LogP contribution < -0.4 is 10.6 Å². The molecule has 2 heterocycles. The Bertz CT molecular complexity index is 510. The molecule has 1 unspecified atom stereocenters. The molecule has 3 N–H and O–H groups in total. The Labute approximate surface area is 169 Å². The van der Waals surface area contributed by atoms with Gasteiger partial charge in [-0.1, -0.05) is 13.3 Å². The number of ether oxygens (including phenoxy) is 1. The first-order valence-electron chi connectivity index (χ1n) is 10.8. The third-order valence-corrected chi connectivity index (χ3v) is 5.03. The Hall–Kier alpha value is -1.57. The van der Waals surface area contributed by atoms with Gasteiger partial charge >= 0.3 is 0 Å². The lowest BCUT2D eigenvalue weighted by atomic mass is 10.0. The van der Waals surface area contributed by atoms with Crippen molar-refractivity contribution in [1.82, 2.24) is 15.5 Å². The summed E-state index contributed by atoms with van der Waals surface area (Å²) >= 11 is 0. The number of rotatable bonds is 13. The molecule has 0 saturated carbocycles. The Morgan fingerprint density at radius 2 is 2.07 bits per heavy atom. The van der Waals surface area contributed by atoms with Crippen molar-refractivity contribution in [3.05, 3.63) is 24.2 Å². The number of hydrogen-bond acceptors (Lipinski definition) is 5. The largest absolute Gasteiger partial charge is 0.469 e. The number of furan rings is 1. The van der Waals surface area contributed by atoms with Crippen molar-refractivity contribution < 1.29 is 14.3 Å². The van der Waals surface area contributed by atoms with Crippen LogP contribution in [0.15, 0.2) is 27.8 Å². The summed E-state index contributed by atoms with van der Waals surface area (Å²) in [6.45, 7) is 9.66. The molecule has 1 aromatic rings. The maximum Gasteiger partial charge on any atom is 0.191 e. The number of nitrogens with one attached hydrogen (secondary N) is 2. The summed E-state index contributed by atoms with van der Waals surface area (Å²) in [6.07, 6.45) is 6.64. The second kappa shape index (κ2) is 14.4. The molecule has 1 aliphatic rings. The molecule has 7 nitrogen and oxygen atoms in total. The average molecular weight is 395 g/mol. The van der Waals surface area contributed by atoms with Crippen LogP contribution in [0.2, 0.25) is 0 Å². The van der Waals surface area contributed by atoms with Crippen LogP contribution in [0, 0.1) is 5.92 Å². The number of aliphatic imine (C=N–C) groups is 1. The highest BCUT2D eigenvalue weighted by atomic mass is 16.5. The number of aliphatic hydroxyl groups excluding tert-OH is 1. The maximum absolute atomic E-state index is 9.27. The molecule has 0 radical (unpaired) electrons. The van der Waals surface area contributed by atoms with Crippen LogP contribution in [-0.2, 0) is 11.2 Å². The molecule has 0 amide bonds. The van der Waals surface area contributed by atoms with Crippen LogP contribution in [0.25, 0.3) is 0 Å². The highest BCUT2D eigenvalue weighted by Crippen LogP contribution is 2.11. The fraction of sp³-hybridized carbons (Fsp3) is 0.762. The van der Waals surface area contributed by atoms with Gasteiger partial charge in [0.25, 0.3) is 0 Å². The van der Waals surface area contributed by atoms with E-state index < -0.39 is 0 Å². The van der Waals surface area contributed by atoms with E-state index in [2.05, 4.69) is 22.5 Å². The molecule has 1 atom stereocenters. The van der Waals surface area contributed by atoms with Crippen LogP contribution in [0.4, 0.5) is 0 Å². The molecule has 160 valence electrons. The van der Waals surface area contributed by atoms with E-state index in [1.54, 1.807) is 6.26 Å². The average Bonchev–Trinajstić information content (AvgIpc) is 3.23. The predicted octanol–water partition coefficient (Wildman–Crippen LogP) is 1.88. The highest BCUT2D eigenvalue weighted by molar-refractivity contribution is 5.79. The number of nitrogens with zero attached hydrogens (tertiary/aromatic N) is 2. The summed E-state index contributed by atoms with van der Waals surface area (Å²) in [4.78, 5) is 7.23. The zero-order valence-electron chi connectivity index (χ0n) is 17.4. The summed E-state index contributed by atoms with van der Waals surface area (Å²) < 4.78 is 10.8. The van der Waals surface area contributed by atoms with E-state index in [0.717, 1.165) is 96.3 Å². The minimum Gasteiger partial charge on any atom is -0.469 e. The normalized spacial score (nSPS) is 16.9. The quantitative estimate of drug-likeness (QED) is 0.269. The molecule has 1 saturated heterocycles. The number of hydrogen-bond donors (Lipinski definition) is 3. The van der Waals surface area contributed by atoms with Crippen molar-refractivity contribution >= 4 is 5.96 Å². The van der Waals surface area contributed by atoms with Gasteiger partial charge in [-0.05, 0) is 43.9 Å². The van der Waals surface area contributed by atoms with E-state index in [0.29, 0.717) is 5.92 Å². The molecule has 0 spiro atoms. The van der Waals surface area contributed by atoms with Crippen molar-refractivity contribution in [1.29, 1.82) is 0 Å². The molecule has 28 heavy (non-hydrogen) atoms. The smallest absolute Gasteiger partial charge is 0.191 e. The molecule has 1 aromatic heterocycles. The fourth-order valence-corrected chi connectivity index (χ4v) is 3.41. The van der Waals surface area contributed by atoms with Gasteiger partial charge in [0.15, 0.2) is 5.96 Å². The van der Waals surface area contributed by atoms with Gasteiger partial charge in [0.05, 0.1) is 19.5 Å². The molecule has 7 heteroatoms. The minimum absolute atomic E-state index is 0.231. The first-order chi connectivity index (χ1) is 13.8. The van der Waals surface area contributed by atoms with Crippen molar-refractivity contribution in [2.45, 2.75) is 39.0 Å². The molecular formula is C21H38N4O3. The van der Waals surface area contributed by atoms with Crippen LogP contribution in [0.5, 0.6) is 0 Å². The molecule has 1 aliphatic heterocycles. The van der Waals surface area contributed by atoms with Crippen molar-refractivity contribution in [2.75, 3.05) is 59.1 Å². The Morgan fingerprint density at radius 3 is 2.79 bits per heavy atom. The van der Waals surface area contributed by atoms with Gasteiger partial charge in [0.2, 0.25) is 0 Å². The molecule has 2 rings (SSSR count). The summed E-state index contributed by atoms with van der Waals surface area (Å²) in [5, 5.41) is 16.2. The number of aliphatic hydroxyl groups is 1. The summed E-state index contributed by atoms with van der Waals surface area (Å²) in [7, 11) is 0. The van der Waals surface area contributed by atoms with Gasteiger partial charge in [-0.3, -0.25) is 9.89 Å². The predicted molar refractivity (Wildman–Crippen MR) is 113 cm³/mol. The van der Waals surface area contributed by atoms with E-state index in [1.165, 1.54) is 0 Å². The van der Waals surface area contributed by atoms with Crippen molar-refractivity contribution in [2.24, 2.45) is 10.9 Å². The lowest BCUT2D eigenvalue weighted by molar-refractivity contribution is 0.0376. The zero-order valence-corrected chi connectivity index (χ0v) is 17.4. The van der Waals surface area contributed by atoms with E-state index in [9.17, 15) is 5.11 Å². The first kappa shape index (κ1) is 22.7. The number of morpholine rings is 1. The highest BCUT2D eigenvalue weighted by Gasteiger charge is 2.10. The maximum atomic E-state index is 9.27. The molecule has 0 aliphatic carbocycles. The third kappa shape index (κ3) is 9.57.